The van der Waals surface area contributed by atoms with Crippen molar-refractivity contribution in [3.8, 4) is 23.0 Å². The topological polar surface area (TPSA) is 0 Å². The Balaban J connectivity index is 1.40. The van der Waals surface area contributed by atoms with Gasteiger partial charge in [-0.25, -0.2) is 17.6 Å². The van der Waals surface area contributed by atoms with Crippen LogP contribution < -0.4 is 0 Å². The first-order chi connectivity index (χ1) is 18.6. The number of alkyl halides is 3. The number of unbranched alkanes of at least 4 members (excludes halogenated alkanes) is 2. The lowest BCUT2D eigenvalue weighted by Crippen LogP contribution is -2.25. The van der Waals surface area contributed by atoms with Crippen molar-refractivity contribution in [3.63, 3.8) is 0 Å². The van der Waals surface area contributed by atoms with Crippen LogP contribution in [0.3, 0.4) is 0 Å². The summed E-state index contributed by atoms with van der Waals surface area (Å²) in [5, 5.41) is 0. The SMILES string of the molecule is CCCCCC1CCC(C2CCC(c3cc(F)c(-c4cc(F)c(C#CC(F)(F)F)c(F)c4)c(F)c3)CC2)CC1. The van der Waals surface area contributed by atoms with Gasteiger partial charge in [0.05, 0.1) is 11.1 Å². The van der Waals surface area contributed by atoms with Crippen LogP contribution in [0.4, 0.5) is 30.7 Å². The van der Waals surface area contributed by atoms with Crippen LogP contribution in [0.25, 0.3) is 11.1 Å². The van der Waals surface area contributed by atoms with Gasteiger partial charge in [-0.15, -0.1) is 0 Å². The first-order valence-corrected chi connectivity index (χ1v) is 14.1. The Bertz CT molecular complexity index is 1140. The Labute approximate surface area is 226 Å². The summed E-state index contributed by atoms with van der Waals surface area (Å²) < 4.78 is 95.7. The molecule has 0 unspecified atom stereocenters. The average molecular weight is 553 g/mol. The molecule has 2 aliphatic carbocycles. The van der Waals surface area contributed by atoms with Gasteiger partial charge in [0.2, 0.25) is 0 Å². The molecule has 0 radical (unpaired) electrons. The number of benzene rings is 2. The van der Waals surface area contributed by atoms with E-state index in [-0.39, 0.29) is 5.92 Å². The molecule has 0 aliphatic heterocycles. The van der Waals surface area contributed by atoms with Gasteiger partial charge in [0.15, 0.2) is 0 Å². The lowest BCUT2D eigenvalue weighted by atomic mass is 9.68. The summed E-state index contributed by atoms with van der Waals surface area (Å²) in [5.74, 6) is -0.284. The number of rotatable bonds is 7. The molecule has 2 aromatic rings. The molecule has 0 heterocycles. The zero-order chi connectivity index (χ0) is 28.2. The standard InChI is InChI=1S/C32H35F7/c1-2-3-4-5-20-6-8-21(9-7-20)22-10-12-23(13-11-22)24-16-29(35)31(30(36)17-24)25-18-27(33)26(28(34)19-25)14-15-32(37,38)39/h16-23H,2-13H2,1H3. The van der Waals surface area contributed by atoms with Crippen LogP contribution in [0, 0.1) is 52.9 Å². The molecule has 0 nitrogen and oxygen atoms in total. The second kappa shape index (κ2) is 12.8. The van der Waals surface area contributed by atoms with Crippen LogP contribution in [0.15, 0.2) is 24.3 Å². The third-order valence-corrected chi connectivity index (χ3v) is 8.74. The van der Waals surface area contributed by atoms with E-state index < -0.39 is 46.1 Å². The highest BCUT2D eigenvalue weighted by Crippen LogP contribution is 2.45. The minimum Gasteiger partial charge on any atom is -0.206 e. The van der Waals surface area contributed by atoms with E-state index in [0.717, 1.165) is 43.4 Å². The second-order valence-electron chi connectivity index (χ2n) is 11.3. The normalized spacial score (nSPS) is 23.8. The predicted octanol–water partition coefficient (Wildman–Crippen LogP) is 10.5. The molecule has 0 bridgehead atoms. The maximum Gasteiger partial charge on any atom is 0.458 e. The number of hydrogen-bond donors (Lipinski definition) is 0. The summed E-state index contributed by atoms with van der Waals surface area (Å²) in [4.78, 5) is 0. The van der Waals surface area contributed by atoms with E-state index >= 15 is 8.78 Å². The largest absolute Gasteiger partial charge is 0.458 e. The van der Waals surface area contributed by atoms with Crippen LogP contribution >= 0.6 is 0 Å². The van der Waals surface area contributed by atoms with Gasteiger partial charge in [-0.3, -0.25) is 0 Å². The monoisotopic (exact) mass is 552 g/mol. The second-order valence-corrected chi connectivity index (χ2v) is 11.3. The smallest absolute Gasteiger partial charge is 0.206 e. The fourth-order valence-corrected chi connectivity index (χ4v) is 6.63. The third kappa shape index (κ3) is 7.58. The molecule has 2 saturated carbocycles. The highest BCUT2D eigenvalue weighted by molar-refractivity contribution is 5.67. The number of hydrogen-bond acceptors (Lipinski definition) is 0. The predicted molar refractivity (Wildman–Crippen MR) is 139 cm³/mol. The quantitative estimate of drug-likeness (QED) is 0.182. The van der Waals surface area contributed by atoms with E-state index in [9.17, 15) is 22.0 Å². The molecule has 4 rings (SSSR count). The molecular weight excluding hydrogens is 517 g/mol. The van der Waals surface area contributed by atoms with Gasteiger partial charge < -0.3 is 0 Å². The van der Waals surface area contributed by atoms with Crippen LogP contribution in [0.5, 0.6) is 0 Å². The van der Waals surface area contributed by atoms with Crippen LogP contribution in [-0.2, 0) is 0 Å². The minimum atomic E-state index is -4.93. The highest BCUT2D eigenvalue weighted by Gasteiger charge is 2.32. The third-order valence-electron chi connectivity index (χ3n) is 8.74. The Morgan fingerprint density at radius 3 is 1.77 bits per heavy atom. The van der Waals surface area contributed by atoms with Gasteiger partial charge in [0.25, 0.3) is 0 Å². The van der Waals surface area contributed by atoms with E-state index in [0.29, 0.717) is 23.6 Å². The van der Waals surface area contributed by atoms with Gasteiger partial charge >= 0.3 is 6.18 Å². The fraction of sp³-hybridized carbons (Fsp3) is 0.562. The summed E-state index contributed by atoms with van der Waals surface area (Å²) >= 11 is 0. The molecule has 0 aromatic heterocycles. The first-order valence-electron chi connectivity index (χ1n) is 14.1. The lowest BCUT2D eigenvalue weighted by molar-refractivity contribution is -0.0696. The summed E-state index contributed by atoms with van der Waals surface area (Å²) in [7, 11) is 0. The molecule has 2 aliphatic rings. The number of halogens is 7. The molecular formula is C32H35F7. The Kier molecular flexibility index (Phi) is 9.67. The molecule has 0 N–H and O–H groups in total. The highest BCUT2D eigenvalue weighted by atomic mass is 19.4. The molecule has 7 heteroatoms. The van der Waals surface area contributed by atoms with Gasteiger partial charge in [-0.05, 0) is 97.6 Å². The summed E-state index contributed by atoms with van der Waals surface area (Å²) in [6.45, 7) is 2.23. The summed E-state index contributed by atoms with van der Waals surface area (Å²) in [6.07, 6.45) is 9.21. The summed E-state index contributed by atoms with van der Waals surface area (Å²) in [5.41, 5.74) is -1.62. The van der Waals surface area contributed by atoms with E-state index in [1.807, 2.05) is 0 Å². The molecule has 212 valence electrons. The molecule has 0 spiro atoms. The van der Waals surface area contributed by atoms with Crippen molar-refractivity contribution in [2.45, 2.75) is 96.1 Å². The Morgan fingerprint density at radius 2 is 1.26 bits per heavy atom. The van der Waals surface area contributed by atoms with Crippen molar-refractivity contribution in [2.24, 2.45) is 17.8 Å². The average Bonchev–Trinajstić information content (AvgIpc) is 2.88. The Hall–Kier alpha value is -2.49. The van der Waals surface area contributed by atoms with Crippen LogP contribution in [-0.4, -0.2) is 6.18 Å². The fourth-order valence-electron chi connectivity index (χ4n) is 6.63. The molecule has 2 aromatic carbocycles. The minimum absolute atomic E-state index is 0.0122. The zero-order valence-electron chi connectivity index (χ0n) is 22.2. The Morgan fingerprint density at radius 1 is 0.718 bits per heavy atom. The van der Waals surface area contributed by atoms with E-state index in [2.05, 4.69) is 6.92 Å². The molecule has 0 saturated heterocycles. The van der Waals surface area contributed by atoms with Crippen molar-refractivity contribution in [1.82, 2.24) is 0 Å². The van der Waals surface area contributed by atoms with Crippen molar-refractivity contribution in [3.05, 3.63) is 58.7 Å². The van der Waals surface area contributed by atoms with E-state index in [4.69, 9.17) is 0 Å². The van der Waals surface area contributed by atoms with Gasteiger partial charge in [0.1, 0.15) is 23.3 Å². The van der Waals surface area contributed by atoms with E-state index in [1.54, 1.807) is 0 Å². The molecule has 2 fully saturated rings. The maximum atomic E-state index is 15.1. The molecule has 0 atom stereocenters. The van der Waals surface area contributed by atoms with Crippen molar-refractivity contribution in [2.75, 3.05) is 0 Å². The zero-order valence-corrected chi connectivity index (χ0v) is 22.2. The van der Waals surface area contributed by atoms with Gasteiger partial charge in [-0.1, -0.05) is 51.4 Å². The van der Waals surface area contributed by atoms with Gasteiger partial charge in [0, 0.05) is 5.92 Å². The van der Waals surface area contributed by atoms with Gasteiger partial charge in [-0.2, -0.15) is 13.2 Å². The van der Waals surface area contributed by atoms with Crippen molar-refractivity contribution in [1.29, 1.82) is 0 Å². The summed E-state index contributed by atoms with van der Waals surface area (Å²) in [6, 6.07) is 3.65. The lowest BCUT2D eigenvalue weighted by Gasteiger charge is -2.38. The molecule has 0 amide bonds. The van der Waals surface area contributed by atoms with Crippen LogP contribution in [0.1, 0.15) is 101 Å². The van der Waals surface area contributed by atoms with Crippen molar-refractivity contribution < 1.29 is 30.7 Å². The molecule has 39 heavy (non-hydrogen) atoms. The first kappa shape index (κ1) is 29.5. The van der Waals surface area contributed by atoms with Crippen molar-refractivity contribution >= 4 is 0 Å². The van der Waals surface area contributed by atoms with Crippen LogP contribution in [0.2, 0.25) is 0 Å². The van der Waals surface area contributed by atoms with E-state index in [1.165, 1.54) is 69.4 Å². The maximum absolute atomic E-state index is 15.1.